The Bertz CT molecular complexity index is 1200. The first-order valence-electron chi connectivity index (χ1n) is 10.3. The highest BCUT2D eigenvalue weighted by Crippen LogP contribution is 2.40. The average Bonchev–Trinajstić information content (AvgIpc) is 2.77. The zero-order valence-corrected chi connectivity index (χ0v) is 17.6. The Kier molecular flexibility index (Phi) is 5.84. The van der Waals surface area contributed by atoms with Crippen LogP contribution in [0.1, 0.15) is 0 Å². The SMILES string of the molecule is CN(CCN)c1ccc2c(-c3ccccc3)c3ccc(=[N+](C)CCN)cc-3oc2c1. The smallest absolute Gasteiger partial charge is 0.203 e. The molecule has 4 rings (SSSR count). The van der Waals surface area contributed by atoms with E-state index in [4.69, 9.17) is 15.9 Å². The Morgan fingerprint density at radius 1 is 0.933 bits per heavy atom. The monoisotopic (exact) mass is 401 g/mol. The fourth-order valence-corrected chi connectivity index (χ4v) is 3.90. The number of hydrogen-bond acceptors (Lipinski definition) is 4. The lowest BCUT2D eigenvalue weighted by molar-refractivity contribution is 0.614. The molecule has 0 amide bonds. The Hall–Kier alpha value is -3.15. The van der Waals surface area contributed by atoms with Gasteiger partial charge in [0.25, 0.3) is 0 Å². The quantitative estimate of drug-likeness (QED) is 0.385. The van der Waals surface area contributed by atoms with Crippen LogP contribution in [0.25, 0.3) is 33.4 Å². The van der Waals surface area contributed by atoms with Gasteiger partial charge in [0, 0.05) is 54.5 Å². The molecule has 0 saturated heterocycles. The summed E-state index contributed by atoms with van der Waals surface area (Å²) in [4.78, 5) is 2.15. The van der Waals surface area contributed by atoms with Gasteiger partial charge in [-0.1, -0.05) is 30.3 Å². The average molecular weight is 402 g/mol. The molecule has 1 aliphatic carbocycles. The Balaban J connectivity index is 2.03. The number of hydrogen-bond donors (Lipinski definition) is 2. The second-order valence-electron chi connectivity index (χ2n) is 7.62. The van der Waals surface area contributed by atoms with Gasteiger partial charge in [0.2, 0.25) is 5.36 Å². The largest absolute Gasteiger partial charge is 0.456 e. The summed E-state index contributed by atoms with van der Waals surface area (Å²) in [6.07, 6.45) is 0. The zero-order valence-electron chi connectivity index (χ0n) is 17.6. The van der Waals surface area contributed by atoms with Gasteiger partial charge < -0.3 is 20.8 Å². The first-order chi connectivity index (χ1) is 14.6. The number of likely N-dealkylation sites (N-methyl/N-ethyl adjacent to an activating group) is 2. The standard InChI is InChI=1S/C25H29N4O/c1-28(14-12-26)19-8-10-21-23(16-19)30-24-17-20(29(2)15-13-27)9-11-22(24)25(21)18-6-4-3-5-7-18/h3-11,16-17H,12-15,26-27H2,1-2H3/q+1. The third-order valence-electron chi connectivity index (χ3n) is 5.56. The van der Waals surface area contributed by atoms with Crippen LogP contribution in [0.15, 0.2) is 71.1 Å². The van der Waals surface area contributed by atoms with Gasteiger partial charge in [-0.05, 0) is 23.8 Å². The number of fused-ring (bicyclic) bond motifs is 2. The van der Waals surface area contributed by atoms with Crippen LogP contribution < -0.4 is 26.3 Å². The molecule has 1 heterocycles. The lowest BCUT2D eigenvalue weighted by Crippen LogP contribution is -2.30. The van der Waals surface area contributed by atoms with E-state index >= 15 is 0 Å². The van der Waals surface area contributed by atoms with Gasteiger partial charge in [0.15, 0.2) is 6.54 Å². The molecule has 0 unspecified atom stereocenters. The lowest BCUT2D eigenvalue weighted by Gasteiger charge is -2.20. The molecule has 2 aliphatic rings. The number of rotatable bonds is 6. The zero-order chi connectivity index (χ0) is 21.1. The first-order valence-corrected chi connectivity index (χ1v) is 10.3. The van der Waals surface area contributed by atoms with Crippen LogP contribution in [0, 0.1) is 0 Å². The first kappa shape index (κ1) is 20.1. The van der Waals surface area contributed by atoms with Crippen molar-refractivity contribution in [2.24, 2.45) is 11.5 Å². The van der Waals surface area contributed by atoms with Gasteiger partial charge in [-0.25, -0.2) is 4.58 Å². The molecule has 0 bridgehead atoms. The Morgan fingerprint density at radius 2 is 1.73 bits per heavy atom. The second kappa shape index (κ2) is 8.69. The summed E-state index contributed by atoms with van der Waals surface area (Å²) in [7, 11) is 4.10. The van der Waals surface area contributed by atoms with E-state index in [1.807, 2.05) is 20.2 Å². The minimum atomic E-state index is 0.607. The molecule has 1 aliphatic heterocycles. The molecular weight excluding hydrogens is 372 g/mol. The summed E-state index contributed by atoms with van der Waals surface area (Å²) in [6.45, 7) is 2.79. The fraction of sp³-hybridized carbons (Fsp3) is 0.240. The van der Waals surface area contributed by atoms with Crippen molar-refractivity contribution < 1.29 is 4.42 Å². The van der Waals surface area contributed by atoms with Crippen molar-refractivity contribution in [3.63, 3.8) is 0 Å². The summed E-state index contributed by atoms with van der Waals surface area (Å²) in [5.74, 6) is 0.862. The van der Waals surface area contributed by atoms with E-state index in [0.717, 1.165) is 46.4 Å². The molecule has 0 fully saturated rings. The second-order valence-corrected chi connectivity index (χ2v) is 7.62. The van der Waals surface area contributed by atoms with Crippen molar-refractivity contribution in [2.45, 2.75) is 0 Å². The van der Waals surface area contributed by atoms with Crippen molar-refractivity contribution in [1.29, 1.82) is 0 Å². The number of benzene rings is 3. The molecule has 0 aromatic heterocycles. The number of nitrogens with two attached hydrogens (primary N) is 2. The summed E-state index contributed by atoms with van der Waals surface area (Å²) < 4.78 is 8.58. The van der Waals surface area contributed by atoms with Gasteiger partial charge in [-0.2, -0.15) is 0 Å². The molecule has 154 valence electrons. The summed E-state index contributed by atoms with van der Waals surface area (Å²) in [6, 6.07) is 23.3. The highest BCUT2D eigenvalue weighted by Gasteiger charge is 2.18. The van der Waals surface area contributed by atoms with Crippen LogP contribution in [0.5, 0.6) is 0 Å². The minimum Gasteiger partial charge on any atom is -0.456 e. The molecule has 5 nitrogen and oxygen atoms in total. The molecule has 2 aromatic rings. The molecule has 0 atom stereocenters. The normalized spacial score (nSPS) is 12.4. The van der Waals surface area contributed by atoms with E-state index in [9.17, 15) is 0 Å². The Labute approximate surface area is 177 Å². The minimum absolute atomic E-state index is 0.607. The molecule has 4 N–H and O–H groups in total. The van der Waals surface area contributed by atoms with E-state index < -0.39 is 0 Å². The maximum Gasteiger partial charge on any atom is 0.203 e. The maximum atomic E-state index is 6.43. The highest BCUT2D eigenvalue weighted by molar-refractivity contribution is 6.02. The molecule has 0 saturated carbocycles. The van der Waals surface area contributed by atoms with Crippen LogP contribution >= 0.6 is 0 Å². The predicted molar refractivity (Wildman–Crippen MR) is 126 cm³/mol. The van der Waals surface area contributed by atoms with Gasteiger partial charge >= 0.3 is 0 Å². The van der Waals surface area contributed by atoms with Crippen molar-refractivity contribution in [3.8, 4) is 22.5 Å². The van der Waals surface area contributed by atoms with Gasteiger partial charge in [-0.3, -0.25) is 0 Å². The van der Waals surface area contributed by atoms with Crippen LogP contribution in [-0.4, -0.2) is 40.3 Å². The third-order valence-corrected chi connectivity index (χ3v) is 5.56. The number of anilines is 1. The Morgan fingerprint density at radius 3 is 2.47 bits per heavy atom. The predicted octanol–water partition coefficient (Wildman–Crippen LogP) is 2.96. The van der Waals surface area contributed by atoms with E-state index in [2.05, 4.69) is 70.1 Å². The summed E-state index contributed by atoms with van der Waals surface area (Å²) >= 11 is 0. The topological polar surface area (TPSA) is 71.4 Å². The van der Waals surface area contributed by atoms with Crippen molar-refractivity contribution in [1.82, 2.24) is 4.58 Å². The summed E-state index contributed by atoms with van der Waals surface area (Å²) in [5, 5.41) is 2.19. The third kappa shape index (κ3) is 3.82. The molecule has 30 heavy (non-hydrogen) atoms. The highest BCUT2D eigenvalue weighted by atomic mass is 16.3. The van der Waals surface area contributed by atoms with Gasteiger partial charge in [-0.15, -0.1) is 0 Å². The maximum absolute atomic E-state index is 6.43. The lowest BCUT2D eigenvalue weighted by atomic mass is 9.93. The van der Waals surface area contributed by atoms with E-state index in [0.29, 0.717) is 13.1 Å². The van der Waals surface area contributed by atoms with E-state index in [1.54, 1.807) is 0 Å². The van der Waals surface area contributed by atoms with E-state index in [1.165, 1.54) is 11.1 Å². The summed E-state index contributed by atoms with van der Waals surface area (Å²) in [5.41, 5.74) is 16.9. The number of nitrogens with zero attached hydrogens (tertiary/aromatic N) is 2. The van der Waals surface area contributed by atoms with Crippen molar-refractivity contribution >= 4 is 16.7 Å². The van der Waals surface area contributed by atoms with Crippen molar-refractivity contribution in [3.05, 3.63) is 72.1 Å². The molecular formula is C25H29N4O+. The molecule has 0 radical (unpaired) electrons. The van der Waals surface area contributed by atoms with Crippen LogP contribution in [0.2, 0.25) is 0 Å². The van der Waals surface area contributed by atoms with Crippen LogP contribution in [0.4, 0.5) is 5.69 Å². The van der Waals surface area contributed by atoms with Crippen LogP contribution in [-0.2, 0) is 0 Å². The van der Waals surface area contributed by atoms with Gasteiger partial charge in [0.1, 0.15) is 18.4 Å². The molecule has 2 aromatic carbocycles. The molecule has 0 spiro atoms. The van der Waals surface area contributed by atoms with E-state index in [-0.39, 0.29) is 0 Å². The van der Waals surface area contributed by atoms with Gasteiger partial charge in [0.05, 0.1) is 12.6 Å². The van der Waals surface area contributed by atoms with Crippen LogP contribution in [0.3, 0.4) is 0 Å². The van der Waals surface area contributed by atoms with Crippen molar-refractivity contribution in [2.75, 3.05) is 45.2 Å². The fourth-order valence-electron chi connectivity index (χ4n) is 3.90. The molecule has 5 heteroatoms.